The Morgan fingerprint density at radius 1 is 1.23 bits per heavy atom. The fourth-order valence-corrected chi connectivity index (χ4v) is 4.17. The highest BCUT2D eigenvalue weighted by molar-refractivity contribution is 5.78. The Balaban J connectivity index is 0.00000261. The van der Waals surface area contributed by atoms with Crippen molar-refractivity contribution in [1.82, 2.24) is 20.2 Å². The Kier molecular flexibility index (Phi) is 6.46. The van der Waals surface area contributed by atoms with E-state index in [0.29, 0.717) is 18.5 Å². The average Bonchev–Trinajstić information content (AvgIpc) is 2.86. The molecule has 0 spiro atoms. The van der Waals surface area contributed by atoms with Crippen molar-refractivity contribution < 1.29 is 6.22 Å². The van der Waals surface area contributed by atoms with Gasteiger partial charge in [-0.25, -0.2) is 9.97 Å². The summed E-state index contributed by atoms with van der Waals surface area (Å²) in [5.41, 5.74) is 0.884. The molecule has 2 fully saturated rings. The van der Waals surface area contributed by atoms with Crippen LogP contribution in [0.25, 0.3) is 0 Å². The topological polar surface area (TPSA) is 61.4 Å². The minimum absolute atomic E-state index is 0. The molecule has 6 nitrogen and oxygen atoms in total. The molecular formula is C20H35N5O. The van der Waals surface area contributed by atoms with E-state index < -0.39 is 0 Å². The Morgan fingerprint density at radius 3 is 2.50 bits per heavy atom. The number of rotatable bonds is 8. The Labute approximate surface area is 158 Å². The zero-order chi connectivity index (χ0) is 18.5. The molecule has 2 unspecified atom stereocenters. The number of anilines is 1. The van der Waals surface area contributed by atoms with Crippen LogP contribution in [-0.2, 0) is 11.2 Å². The van der Waals surface area contributed by atoms with Crippen molar-refractivity contribution in [2.75, 3.05) is 31.6 Å². The Hall–Kier alpha value is -1.69. The zero-order valence-corrected chi connectivity index (χ0v) is 16.4. The van der Waals surface area contributed by atoms with Crippen LogP contribution in [0.2, 0.25) is 0 Å². The lowest BCUT2D eigenvalue weighted by molar-refractivity contribution is -0.120. The van der Waals surface area contributed by atoms with Crippen molar-refractivity contribution in [2.24, 2.45) is 5.92 Å². The second kappa shape index (κ2) is 8.80. The van der Waals surface area contributed by atoms with E-state index in [9.17, 15) is 4.79 Å². The van der Waals surface area contributed by atoms with E-state index in [1.807, 2.05) is 12.4 Å². The van der Waals surface area contributed by atoms with Gasteiger partial charge < -0.3 is 15.1 Å². The number of likely N-dealkylation sites (tertiary alicyclic amines) is 1. The number of likely N-dealkylation sites (N-methyl/N-ethyl adjacent to an activating group) is 1. The van der Waals surface area contributed by atoms with Crippen molar-refractivity contribution in [3.8, 4) is 0 Å². The number of nitrogens with one attached hydrogen (secondary N) is 1. The van der Waals surface area contributed by atoms with Gasteiger partial charge in [-0.15, -0.1) is 0 Å². The Bertz CT molecular complexity index is 581. The highest BCUT2D eigenvalue weighted by Crippen LogP contribution is 2.32. The highest BCUT2D eigenvalue weighted by Gasteiger charge is 2.40. The highest BCUT2D eigenvalue weighted by atomic mass is 16.1. The smallest absolute Gasteiger partial charge is 0.225 e. The summed E-state index contributed by atoms with van der Waals surface area (Å²) in [6, 6.07) is 1.05. The number of fused-ring (bicyclic) bond motifs is 2. The van der Waals surface area contributed by atoms with E-state index in [1.54, 1.807) is 0 Å². The number of hydrogen-bond donors (Lipinski definition) is 1. The number of aromatic nitrogens is 2. The molecule has 0 saturated carbocycles. The lowest BCUT2D eigenvalue weighted by Crippen LogP contribution is -2.53. The van der Waals surface area contributed by atoms with Crippen LogP contribution in [0, 0.1) is 5.92 Å². The fourth-order valence-electron chi connectivity index (χ4n) is 4.17. The van der Waals surface area contributed by atoms with E-state index in [2.05, 4.69) is 46.0 Å². The Morgan fingerprint density at radius 2 is 1.88 bits per heavy atom. The van der Waals surface area contributed by atoms with Crippen molar-refractivity contribution in [2.45, 2.75) is 64.5 Å². The van der Waals surface area contributed by atoms with Crippen LogP contribution < -0.4 is 10.2 Å². The van der Waals surface area contributed by atoms with Crippen molar-refractivity contribution >= 4 is 11.9 Å². The van der Waals surface area contributed by atoms with E-state index >= 15 is 0 Å². The van der Waals surface area contributed by atoms with Gasteiger partial charge in [-0.05, 0) is 37.8 Å². The molecule has 26 heavy (non-hydrogen) atoms. The molecule has 0 aliphatic carbocycles. The van der Waals surface area contributed by atoms with Gasteiger partial charge in [0.2, 0.25) is 11.9 Å². The molecule has 2 bridgehead atoms. The van der Waals surface area contributed by atoms with E-state index in [1.165, 1.54) is 25.7 Å². The summed E-state index contributed by atoms with van der Waals surface area (Å²) in [5.74, 6) is 1.62. The molecule has 2 atom stereocenters. The van der Waals surface area contributed by atoms with Gasteiger partial charge in [-0.2, -0.15) is 0 Å². The molecular weight excluding hydrogens is 326 g/mol. The standard InChI is InChI=1S/C20H33N5O.H2/c1-15(2)6-4-5-9-21-19(26)10-16-11-22-20(23-12-16)25-17-7-8-18(25)14-24(3)13-17;/h11-12,15,17-18H,4-10,13-14H2,1-3H3,(H,21,26);1H. The molecule has 1 N–H and O–H groups in total. The largest absolute Gasteiger partial charge is 0.356 e. The number of unbranched alkanes of at least 4 members (excludes halogenated alkanes) is 1. The van der Waals surface area contributed by atoms with Crippen LogP contribution in [0.1, 0.15) is 52.9 Å². The molecule has 3 heterocycles. The summed E-state index contributed by atoms with van der Waals surface area (Å²) in [6.07, 6.45) is 9.88. The average molecular weight is 362 g/mol. The summed E-state index contributed by atoms with van der Waals surface area (Å²) in [6.45, 7) is 7.39. The lowest BCUT2D eigenvalue weighted by Gasteiger charge is -2.39. The monoisotopic (exact) mass is 361 g/mol. The maximum atomic E-state index is 12.1. The maximum absolute atomic E-state index is 12.1. The van der Waals surface area contributed by atoms with Crippen molar-refractivity contribution in [1.29, 1.82) is 0 Å². The van der Waals surface area contributed by atoms with E-state index in [0.717, 1.165) is 43.5 Å². The first kappa shape index (κ1) is 19.1. The third-order valence-corrected chi connectivity index (χ3v) is 5.48. The van der Waals surface area contributed by atoms with Gasteiger partial charge in [0.05, 0.1) is 6.42 Å². The first-order valence-corrected chi connectivity index (χ1v) is 10.1. The number of amides is 1. The number of hydrogen-bond acceptors (Lipinski definition) is 5. The summed E-state index contributed by atoms with van der Waals surface area (Å²) in [5, 5.41) is 3.00. The molecule has 2 saturated heterocycles. The van der Waals surface area contributed by atoms with Crippen LogP contribution in [-0.4, -0.2) is 59.5 Å². The van der Waals surface area contributed by atoms with Gasteiger partial charge in [0.15, 0.2) is 0 Å². The zero-order valence-electron chi connectivity index (χ0n) is 16.4. The fraction of sp³-hybridized carbons (Fsp3) is 0.750. The summed E-state index contributed by atoms with van der Waals surface area (Å²) in [4.78, 5) is 26.0. The number of carbonyl (C=O) groups is 1. The maximum Gasteiger partial charge on any atom is 0.225 e. The molecule has 3 rings (SSSR count). The number of carbonyl (C=O) groups excluding carboxylic acids is 1. The number of piperazine rings is 1. The minimum Gasteiger partial charge on any atom is -0.356 e. The molecule has 2 aliphatic rings. The van der Waals surface area contributed by atoms with E-state index in [4.69, 9.17) is 0 Å². The normalized spacial score (nSPS) is 22.8. The molecule has 6 heteroatoms. The van der Waals surface area contributed by atoms with Crippen molar-refractivity contribution in [3.63, 3.8) is 0 Å². The SMILES string of the molecule is CC(C)CCCCNC(=O)Cc1cnc(N2C3CCC2CN(C)C3)nc1.[HH]. The molecule has 1 aromatic heterocycles. The molecule has 146 valence electrons. The minimum atomic E-state index is 0. The molecule has 1 amide bonds. The van der Waals surface area contributed by atoms with Gasteiger partial charge in [0, 0.05) is 45.5 Å². The van der Waals surface area contributed by atoms with Gasteiger partial charge in [0.25, 0.3) is 0 Å². The van der Waals surface area contributed by atoms with Crippen LogP contribution in [0.15, 0.2) is 12.4 Å². The van der Waals surface area contributed by atoms with Crippen LogP contribution in [0.5, 0.6) is 0 Å². The van der Waals surface area contributed by atoms with Gasteiger partial charge in [-0.3, -0.25) is 4.79 Å². The number of nitrogens with zero attached hydrogens (tertiary/aromatic N) is 4. The second-order valence-electron chi connectivity index (χ2n) is 8.32. The second-order valence-corrected chi connectivity index (χ2v) is 8.32. The predicted octanol–water partition coefficient (Wildman–Crippen LogP) is 2.49. The molecule has 0 aromatic carbocycles. The lowest BCUT2D eigenvalue weighted by atomic mass is 10.1. The third kappa shape index (κ3) is 4.93. The van der Waals surface area contributed by atoms with Gasteiger partial charge in [-0.1, -0.05) is 26.7 Å². The molecule has 0 radical (unpaired) electrons. The first-order chi connectivity index (χ1) is 12.5. The summed E-state index contributed by atoms with van der Waals surface area (Å²) >= 11 is 0. The third-order valence-electron chi connectivity index (χ3n) is 5.48. The van der Waals surface area contributed by atoms with Crippen molar-refractivity contribution in [3.05, 3.63) is 18.0 Å². The van der Waals surface area contributed by atoms with Crippen LogP contribution >= 0.6 is 0 Å². The van der Waals surface area contributed by atoms with E-state index in [-0.39, 0.29) is 7.33 Å². The van der Waals surface area contributed by atoms with Gasteiger partial charge >= 0.3 is 0 Å². The quantitative estimate of drug-likeness (QED) is 0.721. The molecule has 1 aromatic rings. The predicted molar refractivity (Wildman–Crippen MR) is 106 cm³/mol. The van der Waals surface area contributed by atoms with Gasteiger partial charge in [0.1, 0.15) is 0 Å². The molecule has 2 aliphatic heterocycles. The first-order valence-electron chi connectivity index (χ1n) is 10.1. The summed E-state index contributed by atoms with van der Waals surface area (Å²) < 4.78 is 0. The van der Waals surface area contributed by atoms with Crippen LogP contribution in [0.4, 0.5) is 5.95 Å². The summed E-state index contributed by atoms with van der Waals surface area (Å²) in [7, 11) is 2.19. The van der Waals surface area contributed by atoms with Crippen LogP contribution in [0.3, 0.4) is 0 Å².